The minimum absolute atomic E-state index is 0.0824. The summed E-state index contributed by atoms with van der Waals surface area (Å²) in [5, 5.41) is 5.47. The van der Waals surface area contributed by atoms with Gasteiger partial charge < -0.3 is 15.4 Å². The molecule has 1 aliphatic rings. The van der Waals surface area contributed by atoms with Crippen LogP contribution in [-0.2, 0) is 20.9 Å². The summed E-state index contributed by atoms with van der Waals surface area (Å²) >= 11 is 6.22. The van der Waals surface area contributed by atoms with Gasteiger partial charge in [-0.15, -0.1) is 0 Å². The molecular weight excluding hydrogens is 506 g/mol. The molecule has 194 valence electrons. The van der Waals surface area contributed by atoms with Crippen LogP contribution in [0, 0.1) is 0 Å². The number of hydrogen-bond acceptors (Lipinski definition) is 6. The van der Waals surface area contributed by atoms with Crippen molar-refractivity contribution >= 4 is 46.7 Å². The highest BCUT2D eigenvalue weighted by Crippen LogP contribution is 2.30. The topological polar surface area (TPSA) is 105 Å². The van der Waals surface area contributed by atoms with Crippen LogP contribution >= 0.6 is 11.6 Å². The Morgan fingerprint density at radius 3 is 2.18 bits per heavy atom. The van der Waals surface area contributed by atoms with E-state index in [4.69, 9.17) is 16.3 Å². The zero-order valence-corrected chi connectivity index (χ0v) is 21.5. The monoisotopic (exact) mass is 531 g/mol. The second kappa shape index (κ2) is 12.2. The van der Waals surface area contributed by atoms with Crippen molar-refractivity contribution in [3.05, 3.63) is 106 Å². The Labute approximate surface area is 225 Å². The number of benzene rings is 3. The number of carbonyl (C=O) groups is 4. The molecule has 3 aromatic rings. The first kappa shape index (κ1) is 26.6. The average molecular weight is 532 g/mol. The molecule has 0 spiro atoms. The quantitative estimate of drug-likeness (QED) is 0.216. The van der Waals surface area contributed by atoms with Crippen LogP contribution in [0.25, 0.3) is 0 Å². The molecule has 0 atom stereocenters. The first-order valence-corrected chi connectivity index (χ1v) is 12.5. The average Bonchev–Trinajstić information content (AvgIpc) is 3.15. The zero-order valence-electron chi connectivity index (χ0n) is 20.7. The van der Waals surface area contributed by atoms with E-state index in [0.717, 1.165) is 23.3 Å². The lowest BCUT2D eigenvalue weighted by Gasteiger charge is -2.15. The van der Waals surface area contributed by atoms with Crippen LogP contribution in [0.4, 0.5) is 11.4 Å². The third-order valence-corrected chi connectivity index (χ3v) is 6.18. The smallest absolute Gasteiger partial charge is 0.338 e. The Morgan fingerprint density at radius 2 is 1.53 bits per heavy atom. The van der Waals surface area contributed by atoms with E-state index in [0.29, 0.717) is 30.0 Å². The summed E-state index contributed by atoms with van der Waals surface area (Å²) in [6, 6.07) is 22.0. The number of halogens is 1. The second-order valence-electron chi connectivity index (χ2n) is 8.54. The van der Waals surface area contributed by atoms with Crippen LogP contribution in [-0.4, -0.2) is 30.3 Å². The summed E-state index contributed by atoms with van der Waals surface area (Å²) in [5.74, 6) is -2.04. The first-order chi connectivity index (χ1) is 18.4. The molecule has 0 unspecified atom stereocenters. The number of imide groups is 1. The van der Waals surface area contributed by atoms with E-state index < -0.39 is 17.8 Å². The van der Waals surface area contributed by atoms with Crippen LogP contribution in [0.3, 0.4) is 0 Å². The highest BCUT2D eigenvalue weighted by molar-refractivity contribution is 6.53. The fourth-order valence-corrected chi connectivity index (χ4v) is 3.93. The van der Waals surface area contributed by atoms with Crippen molar-refractivity contribution < 1.29 is 23.9 Å². The number of nitrogens with one attached hydrogen (secondary N) is 2. The van der Waals surface area contributed by atoms with Crippen molar-refractivity contribution in [3.8, 4) is 0 Å². The van der Waals surface area contributed by atoms with Gasteiger partial charge in [0.1, 0.15) is 10.7 Å². The minimum Gasteiger partial charge on any atom is -0.462 e. The number of anilines is 2. The van der Waals surface area contributed by atoms with Gasteiger partial charge in [-0.25, -0.2) is 9.69 Å². The molecular formula is C29H26ClN3O5. The number of nitrogens with zero attached hydrogens (tertiary/aromatic N) is 1. The third kappa shape index (κ3) is 6.10. The van der Waals surface area contributed by atoms with Crippen molar-refractivity contribution in [2.45, 2.75) is 26.3 Å². The maximum Gasteiger partial charge on any atom is 0.338 e. The minimum atomic E-state index is -0.686. The summed E-state index contributed by atoms with van der Waals surface area (Å²) in [4.78, 5) is 51.3. The van der Waals surface area contributed by atoms with Crippen molar-refractivity contribution in [2.75, 3.05) is 16.8 Å². The van der Waals surface area contributed by atoms with Gasteiger partial charge in [-0.2, -0.15) is 0 Å². The number of esters is 1. The summed E-state index contributed by atoms with van der Waals surface area (Å²) in [6.07, 6.45) is 1.68. The molecule has 0 aliphatic carbocycles. The van der Waals surface area contributed by atoms with Crippen LogP contribution in [0.2, 0.25) is 0 Å². The second-order valence-corrected chi connectivity index (χ2v) is 8.92. The van der Waals surface area contributed by atoms with Gasteiger partial charge in [0.15, 0.2) is 0 Å². The van der Waals surface area contributed by atoms with Gasteiger partial charge in [-0.3, -0.25) is 14.4 Å². The van der Waals surface area contributed by atoms with Crippen LogP contribution in [0.5, 0.6) is 0 Å². The van der Waals surface area contributed by atoms with Gasteiger partial charge in [-0.1, -0.05) is 55.3 Å². The van der Waals surface area contributed by atoms with E-state index in [1.54, 1.807) is 24.3 Å². The van der Waals surface area contributed by atoms with Gasteiger partial charge in [0.2, 0.25) is 0 Å². The highest BCUT2D eigenvalue weighted by Gasteiger charge is 2.39. The summed E-state index contributed by atoms with van der Waals surface area (Å²) in [5.41, 5.74) is 2.40. The molecule has 2 N–H and O–H groups in total. The largest absolute Gasteiger partial charge is 0.462 e. The molecule has 4 rings (SSSR count). The third-order valence-electron chi connectivity index (χ3n) is 5.83. The maximum absolute atomic E-state index is 13.1. The Hall–Kier alpha value is -4.43. The number of ether oxygens (including phenoxy) is 1. The Bertz CT molecular complexity index is 1370. The lowest BCUT2D eigenvalue weighted by molar-refractivity contribution is -0.120. The van der Waals surface area contributed by atoms with Crippen LogP contribution < -0.4 is 15.5 Å². The maximum atomic E-state index is 13.1. The van der Waals surface area contributed by atoms with Crippen molar-refractivity contribution in [1.82, 2.24) is 5.32 Å². The lowest BCUT2D eigenvalue weighted by atomic mass is 10.1. The predicted octanol–water partition coefficient (Wildman–Crippen LogP) is 5.01. The SMILES string of the molecule is CCCCOC(=O)c1ccc(N2C(=O)C(Cl)=C(Nc3ccc(C(=O)NCc4ccccc4)cc3)C2=O)cc1. The molecule has 0 fully saturated rings. The first-order valence-electron chi connectivity index (χ1n) is 12.1. The standard InChI is InChI=1S/C29H26ClN3O5/c1-2-3-17-38-29(37)21-11-15-23(16-12-21)33-27(35)24(30)25(28(33)36)32-22-13-9-20(10-14-22)26(34)31-18-19-7-5-4-6-8-19/h4-16,32H,2-3,17-18H2,1H3,(H,31,34). The van der Waals surface area contributed by atoms with Crippen molar-refractivity contribution in [2.24, 2.45) is 0 Å². The fraction of sp³-hybridized carbons (Fsp3) is 0.172. The molecule has 38 heavy (non-hydrogen) atoms. The van der Waals surface area contributed by atoms with E-state index in [9.17, 15) is 19.2 Å². The van der Waals surface area contributed by atoms with Gasteiger partial charge >= 0.3 is 5.97 Å². The zero-order chi connectivity index (χ0) is 27.1. The normalized spacial score (nSPS) is 13.1. The molecule has 0 bridgehead atoms. The van der Waals surface area contributed by atoms with Gasteiger partial charge in [0.05, 0.1) is 17.9 Å². The van der Waals surface area contributed by atoms with E-state index in [1.807, 2.05) is 37.3 Å². The summed E-state index contributed by atoms with van der Waals surface area (Å²) < 4.78 is 5.18. The lowest BCUT2D eigenvalue weighted by Crippen LogP contribution is -2.32. The number of amides is 3. The Morgan fingerprint density at radius 1 is 0.868 bits per heavy atom. The van der Waals surface area contributed by atoms with Crippen LogP contribution in [0.1, 0.15) is 46.0 Å². The Balaban J connectivity index is 1.39. The number of unbranched alkanes of at least 4 members (excludes halogenated alkanes) is 1. The summed E-state index contributed by atoms with van der Waals surface area (Å²) in [6.45, 7) is 2.72. The number of rotatable bonds is 10. The van der Waals surface area contributed by atoms with E-state index in [2.05, 4.69) is 10.6 Å². The van der Waals surface area contributed by atoms with Gasteiger partial charge in [0.25, 0.3) is 17.7 Å². The summed E-state index contributed by atoms with van der Waals surface area (Å²) in [7, 11) is 0. The molecule has 0 radical (unpaired) electrons. The molecule has 3 aromatic carbocycles. The van der Waals surface area contributed by atoms with Gasteiger partial charge in [0, 0.05) is 17.8 Å². The highest BCUT2D eigenvalue weighted by atomic mass is 35.5. The van der Waals surface area contributed by atoms with Gasteiger partial charge in [-0.05, 0) is 60.5 Å². The van der Waals surface area contributed by atoms with E-state index in [-0.39, 0.29) is 22.3 Å². The van der Waals surface area contributed by atoms with Crippen molar-refractivity contribution in [1.29, 1.82) is 0 Å². The van der Waals surface area contributed by atoms with Crippen LogP contribution in [0.15, 0.2) is 89.6 Å². The number of carbonyl (C=O) groups excluding carboxylic acids is 4. The van der Waals surface area contributed by atoms with E-state index >= 15 is 0 Å². The molecule has 0 saturated heterocycles. The molecule has 9 heteroatoms. The molecule has 0 aromatic heterocycles. The van der Waals surface area contributed by atoms with E-state index in [1.165, 1.54) is 24.3 Å². The van der Waals surface area contributed by atoms with Crippen molar-refractivity contribution in [3.63, 3.8) is 0 Å². The molecule has 3 amide bonds. The fourth-order valence-electron chi connectivity index (χ4n) is 3.71. The molecule has 8 nitrogen and oxygen atoms in total. The molecule has 1 heterocycles. The Kier molecular flexibility index (Phi) is 8.55. The number of hydrogen-bond donors (Lipinski definition) is 2. The molecule has 1 aliphatic heterocycles. The predicted molar refractivity (Wildman–Crippen MR) is 145 cm³/mol. The molecule has 0 saturated carbocycles.